The Morgan fingerprint density at radius 2 is 1.61 bits per heavy atom. The molecule has 3 aliphatic rings. The van der Waals surface area contributed by atoms with Crippen molar-refractivity contribution in [2.24, 2.45) is 5.92 Å². The van der Waals surface area contributed by atoms with E-state index in [0.29, 0.717) is 30.8 Å². The fourth-order valence-electron chi connectivity index (χ4n) is 6.18. The highest BCUT2D eigenvalue weighted by Crippen LogP contribution is 2.42. The van der Waals surface area contributed by atoms with E-state index in [9.17, 15) is 14.4 Å². The molecule has 41 heavy (non-hydrogen) atoms. The summed E-state index contributed by atoms with van der Waals surface area (Å²) in [5, 5.41) is 5.11. The topological polar surface area (TPSA) is 97.6 Å². The van der Waals surface area contributed by atoms with E-state index in [2.05, 4.69) is 10.9 Å². The largest absolute Gasteiger partial charge is 0.444 e. The van der Waals surface area contributed by atoms with Crippen LogP contribution < -0.4 is 0 Å². The third-order valence-electron chi connectivity index (χ3n) is 8.36. The SMILES string of the molecule is Cc1cccc(-c2cn(C3CC(CN4C(=O)c5ccccc5C4=O)C3)nc2C2CCN(C(=O)OC(C)(C)C)CC2)n1. The number of nitrogens with zero attached hydrogens (tertiary/aromatic N) is 5. The molecule has 1 aliphatic carbocycles. The number of fused-ring (bicyclic) bond motifs is 1. The molecule has 0 atom stereocenters. The average molecular weight is 556 g/mol. The predicted molar refractivity (Wildman–Crippen MR) is 154 cm³/mol. The van der Waals surface area contributed by atoms with Gasteiger partial charge in [0.05, 0.1) is 28.6 Å². The number of carbonyl (C=O) groups excluding carboxylic acids is 3. The van der Waals surface area contributed by atoms with E-state index in [-0.39, 0.29) is 35.8 Å². The first-order valence-corrected chi connectivity index (χ1v) is 14.5. The number of rotatable bonds is 5. The number of likely N-dealkylation sites (tertiary alicyclic amines) is 1. The molecule has 0 unspecified atom stereocenters. The smallest absolute Gasteiger partial charge is 0.410 e. The first kappa shape index (κ1) is 27.2. The number of imide groups is 1. The van der Waals surface area contributed by atoms with Gasteiger partial charge in [-0.15, -0.1) is 0 Å². The highest BCUT2D eigenvalue weighted by atomic mass is 16.6. The van der Waals surface area contributed by atoms with Crippen LogP contribution in [-0.4, -0.2) is 67.7 Å². The van der Waals surface area contributed by atoms with Crippen molar-refractivity contribution in [1.29, 1.82) is 0 Å². The van der Waals surface area contributed by atoms with Crippen LogP contribution in [0.15, 0.2) is 48.7 Å². The lowest BCUT2D eigenvalue weighted by atomic mass is 9.80. The predicted octanol–water partition coefficient (Wildman–Crippen LogP) is 5.62. The molecule has 0 radical (unpaired) electrons. The Labute approximate surface area is 240 Å². The number of pyridine rings is 1. The van der Waals surface area contributed by atoms with Gasteiger partial charge in [-0.2, -0.15) is 5.10 Å². The van der Waals surface area contributed by atoms with Crippen LogP contribution in [0.1, 0.15) is 90.5 Å². The molecule has 2 aromatic heterocycles. The molecule has 214 valence electrons. The van der Waals surface area contributed by atoms with Crippen molar-refractivity contribution in [3.05, 3.63) is 71.2 Å². The maximum atomic E-state index is 12.8. The van der Waals surface area contributed by atoms with Gasteiger partial charge in [-0.3, -0.25) is 24.2 Å². The van der Waals surface area contributed by atoms with Gasteiger partial charge in [0, 0.05) is 43.0 Å². The van der Waals surface area contributed by atoms with Gasteiger partial charge in [0.25, 0.3) is 11.8 Å². The van der Waals surface area contributed by atoms with E-state index < -0.39 is 5.60 Å². The highest BCUT2D eigenvalue weighted by molar-refractivity contribution is 6.21. The zero-order chi connectivity index (χ0) is 28.9. The summed E-state index contributed by atoms with van der Waals surface area (Å²) < 4.78 is 7.65. The molecule has 4 heterocycles. The molecule has 3 aromatic rings. The van der Waals surface area contributed by atoms with E-state index in [1.54, 1.807) is 29.2 Å². The maximum Gasteiger partial charge on any atom is 0.410 e. The van der Waals surface area contributed by atoms with Crippen LogP contribution in [0.4, 0.5) is 4.79 Å². The molecule has 0 bridgehead atoms. The Morgan fingerprint density at radius 3 is 2.22 bits per heavy atom. The molecule has 0 N–H and O–H groups in total. The first-order valence-electron chi connectivity index (χ1n) is 14.5. The molecule has 0 spiro atoms. The van der Waals surface area contributed by atoms with Crippen molar-refractivity contribution in [3.63, 3.8) is 0 Å². The average Bonchev–Trinajstić information content (AvgIpc) is 3.45. The van der Waals surface area contributed by atoms with E-state index in [0.717, 1.165) is 48.3 Å². The van der Waals surface area contributed by atoms with Crippen molar-refractivity contribution >= 4 is 17.9 Å². The van der Waals surface area contributed by atoms with Crippen LogP contribution in [0.5, 0.6) is 0 Å². The standard InChI is InChI=1S/C32H37N5O4/c1-20-8-7-11-27(33-20)26-19-37(34-28(26)22-12-14-35(15-13-22)31(40)41-32(2,3)4)23-16-21(17-23)18-36-29(38)24-9-5-6-10-25(24)30(36)39/h5-11,19,21-23H,12-18H2,1-4H3. The van der Waals surface area contributed by atoms with E-state index in [4.69, 9.17) is 14.8 Å². The van der Waals surface area contributed by atoms with Crippen molar-refractivity contribution in [3.8, 4) is 11.3 Å². The minimum absolute atomic E-state index is 0.194. The second kappa shape index (κ2) is 10.4. The lowest BCUT2D eigenvalue weighted by molar-refractivity contribution is 0.0203. The summed E-state index contributed by atoms with van der Waals surface area (Å²) in [6.45, 7) is 9.33. The number of ether oxygens (including phenoxy) is 1. The normalized spacial score (nSPS) is 21.2. The lowest BCUT2D eigenvalue weighted by Crippen LogP contribution is -2.41. The van der Waals surface area contributed by atoms with Crippen molar-refractivity contribution < 1.29 is 19.1 Å². The molecule has 3 amide bonds. The Morgan fingerprint density at radius 1 is 0.951 bits per heavy atom. The summed E-state index contributed by atoms with van der Waals surface area (Å²) in [5.74, 6) is 0.0656. The molecule has 2 aliphatic heterocycles. The van der Waals surface area contributed by atoms with E-state index >= 15 is 0 Å². The maximum absolute atomic E-state index is 12.8. The molecule has 6 rings (SSSR count). The number of hydrogen-bond donors (Lipinski definition) is 0. The minimum atomic E-state index is -0.517. The van der Waals surface area contributed by atoms with Gasteiger partial charge in [0.15, 0.2) is 0 Å². The zero-order valence-electron chi connectivity index (χ0n) is 24.2. The first-order chi connectivity index (χ1) is 19.6. The van der Waals surface area contributed by atoms with Crippen LogP contribution in [0, 0.1) is 12.8 Å². The molecule has 9 nitrogen and oxygen atoms in total. The van der Waals surface area contributed by atoms with Crippen LogP contribution in [0.3, 0.4) is 0 Å². The number of hydrogen-bond acceptors (Lipinski definition) is 6. The molecule has 2 fully saturated rings. The Kier molecular flexibility index (Phi) is 6.91. The van der Waals surface area contributed by atoms with Crippen LogP contribution >= 0.6 is 0 Å². The van der Waals surface area contributed by atoms with E-state index in [1.165, 1.54) is 4.90 Å². The molecular weight excluding hydrogens is 518 g/mol. The third kappa shape index (κ3) is 5.37. The monoisotopic (exact) mass is 555 g/mol. The van der Waals surface area contributed by atoms with Crippen molar-refractivity contribution in [2.75, 3.05) is 19.6 Å². The van der Waals surface area contributed by atoms with Crippen LogP contribution in [-0.2, 0) is 4.74 Å². The van der Waals surface area contributed by atoms with Gasteiger partial charge in [0.2, 0.25) is 0 Å². The summed E-state index contributed by atoms with van der Waals surface area (Å²) >= 11 is 0. The second-order valence-corrected chi connectivity index (χ2v) is 12.6. The number of piperidine rings is 1. The quantitative estimate of drug-likeness (QED) is 0.379. The lowest BCUT2D eigenvalue weighted by Gasteiger charge is -2.37. The van der Waals surface area contributed by atoms with Gasteiger partial charge < -0.3 is 9.64 Å². The number of aromatic nitrogens is 3. The van der Waals surface area contributed by atoms with Crippen LogP contribution in [0.25, 0.3) is 11.3 Å². The Bertz CT molecular complexity index is 1460. The van der Waals surface area contributed by atoms with Crippen LogP contribution in [0.2, 0.25) is 0 Å². The fraction of sp³-hybridized carbons (Fsp3) is 0.469. The van der Waals surface area contributed by atoms with Crippen molar-refractivity contribution in [1.82, 2.24) is 24.6 Å². The molecule has 1 saturated heterocycles. The molecule has 9 heteroatoms. The van der Waals surface area contributed by atoms with Gasteiger partial charge in [-0.1, -0.05) is 18.2 Å². The number of benzene rings is 1. The summed E-state index contributed by atoms with van der Waals surface area (Å²) in [6.07, 6.45) is 5.17. The molecular formula is C32H37N5O4. The minimum Gasteiger partial charge on any atom is -0.444 e. The van der Waals surface area contributed by atoms with E-state index in [1.807, 2.05) is 45.9 Å². The highest BCUT2D eigenvalue weighted by Gasteiger charge is 2.41. The number of aryl methyl sites for hydroxylation is 1. The number of amides is 3. The molecule has 1 aromatic carbocycles. The number of carbonyl (C=O) groups is 3. The van der Waals surface area contributed by atoms with Gasteiger partial charge in [-0.05, 0) is 83.6 Å². The Balaban J connectivity index is 1.16. The van der Waals surface area contributed by atoms with Gasteiger partial charge in [0.1, 0.15) is 5.60 Å². The summed E-state index contributed by atoms with van der Waals surface area (Å²) in [6, 6.07) is 13.3. The van der Waals surface area contributed by atoms with Gasteiger partial charge >= 0.3 is 6.09 Å². The fourth-order valence-corrected chi connectivity index (χ4v) is 6.18. The summed E-state index contributed by atoms with van der Waals surface area (Å²) in [5.41, 5.74) is 4.39. The summed E-state index contributed by atoms with van der Waals surface area (Å²) in [4.78, 5) is 46.3. The second-order valence-electron chi connectivity index (χ2n) is 12.6. The van der Waals surface area contributed by atoms with Crippen molar-refractivity contribution in [2.45, 2.75) is 70.9 Å². The summed E-state index contributed by atoms with van der Waals surface area (Å²) in [7, 11) is 0. The third-order valence-corrected chi connectivity index (χ3v) is 8.36. The van der Waals surface area contributed by atoms with Gasteiger partial charge in [-0.25, -0.2) is 4.79 Å². The Hall–Kier alpha value is -4.01. The molecule has 1 saturated carbocycles. The zero-order valence-corrected chi connectivity index (χ0v) is 24.2.